The molecular weight excluding hydrogens is 346 g/mol. The lowest BCUT2D eigenvalue weighted by Gasteiger charge is -2.22. The number of rotatable bonds is 3. The minimum atomic E-state index is -0.342. The van der Waals surface area contributed by atoms with Crippen molar-refractivity contribution in [1.82, 2.24) is 14.9 Å². The normalized spacial score (nSPS) is 18.3. The summed E-state index contributed by atoms with van der Waals surface area (Å²) in [6.07, 6.45) is 5.70. The molecule has 24 heavy (non-hydrogen) atoms. The summed E-state index contributed by atoms with van der Waals surface area (Å²) in [6.45, 7) is 0.437. The standard InChI is InChI=1S/C17H16ClN3O2S/c18-13-7-5-12(6-8-13)15(22)21-11-2-1-4-14(16(21)23)24-17-19-9-3-10-20-17/h3,5-10,14H,1-2,4,11H2/t14-/m0/s1. The molecule has 2 aromatic rings. The lowest BCUT2D eigenvalue weighted by Crippen LogP contribution is -2.41. The summed E-state index contributed by atoms with van der Waals surface area (Å²) in [6, 6.07) is 8.33. The van der Waals surface area contributed by atoms with E-state index >= 15 is 0 Å². The summed E-state index contributed by atoms with van der Waals surface area (Å²) < 4.78 is 0. The van der Waals surface area contributed by atoms with Crippen LogP contribution in [-0.2, 0) is 4.79 Å². The van der Waals surface area contributed by atoms with E-state index in [0.717, 1.165) is 12.8 Å². The van der Waals surface area contributed by atoms with E-state index in [1.54, 1.807) is 42.7 Å². The first-order valence-corrected chi connectivity index (χ1v) is 8.96. The number of imide groups is 1. The molecule has 0 N–H and O–H groups in total. The number of aromatic nitrogens is 2. The number of benzene rings is 1. The zero-order valence-corrected chi connectivity index (χ0v) is 14.5. The minimum absolute atomic E-state index is 0.176. The van der Waals surface area contributed by atoms with Crippen molar-refractivity contribution in [3.05, 3.63) is 53.3 Å². The Morgan fingerprint density at radius 3 is 2.58 bits per heavy atom. The molecule has 1 saturated heterocycles. The Kier molecular flexibility index (Phi) is 5.48. The third-order valence-electron chi connectivity index (χ3n) is 3.77. The Bertz CT molecular complexity index is 724. The average molecular weight is 362 g/mol. The SMILES string of the molecule is O=C(c1ccc(Cl)cc1)N1CCCC[C@H](Sc2ncccn2)C1=O. The van der Waals surface area contributed by atoms with Gasteiger partial charge in [-0.05, 0) is 43.2 Å². The van der Waals surface area contributed by atoms with E-state index in [9.17, 15) is 9.59 Å². The Balaban J connectivity index is 1.78. The Morgan fingerprint density at radius 1 is 1.17 bits per heavy atom. The molecule has 0 radical (unpaired) electrons. The van der Waals surface area contributed by atoms with Gasteiger partial charge in [0, 0.05) is 29.5 Å². The van der Waals surface area contributed by atoms with Crippen LogP contribution in [0.1, 0.15) is 29.6 Å². The van der Waals surface area contributed by atoms with Gasteiger partial charge in [0.2, 0.25) is 5.91 Å². The van der Waals surface area contributed by atoms with Gasteiger partial charge in [-0.25, -0.2) is 9.97 Å². The highest BCUT2D eigenvalue weighted by Gasteiger charge is 2.32. The number of hydrogen-bond acceptors (Lipinski definition) is 5. The second-order valence-electron chi connectivity index (χ2n) is 5.44. The van der Waals surface area contributed by atoms with E-state index in [-0.39, 0.29) is 17.1 Å². The molecule has 0 unspecified atom stereocenters. The van der Waals surface area contributed by atoms with Crippen LogP contribution < -0.4 is 0 Å². The van der Waals surface area contributed by atoms with Crippen molar-refractivity contribution < 1.29 is 9.59 Å². The largest absolute Gasteiger partial charge is 0.278 e. The van der Waals surface area contributed by atoms with Crippen LogP contribution in [0.5, 0.6) is 0 Å². The van der Waals surface area contributed by atoms with Crippen LogP contribution in [0.2, 0.25) is 5.02 Å². The molecule has 2 amide bonds. The lowest BCUT2D eigenvalue weighted by atomic mass is 10.2. The predicted octanol–water partition coefficient (Wildman–Crippen LogP) is 3.44. The van der Waals surface area contributed by atoms with Gasteiger partial charge in [0.1, 0.15) is 0 Å². The summed E-state index contributed by atoms with van der Waals surface area (Å²) in [4.78, 5) is 35.2. The number of nitrogens with zero attached hydrogens (tertiary/aromatic N) is 3. The van der Waals surface area contributed by atoms with Crippen molar-refractivity contribution >= 4 is 35.2 Å². The summed E-state index contributed by atoms with van der Waals surface area (Å²) in [7, 11) is 0. The molecule has 124 valence electrons. The van der Waals surface area contributed by atoms with Crippen molar-refractivity contribution in [2.45, 2.75) is 29.7 Å². The molecule has 1 aromatic heterocycles. The molecule has 0 bridgehead atoms. The lowest BCUT2D eigenvalue weighted by molar-refractivity contribution is -0.127. The van der Waals surface area contributed by atoms with Gasteiger partial charge < -0.3 is 0 Å². The highest BCUT2D eigenvalue weighted by Crippen LogP contribution is 2.28. The monoisotopic (exact) mass is 361 g/mol. The van der Waals surface area contributed by atoms with Crippen LogP contribution in [-0.4, -0.2) is 38.5 Å². The fourth-order valence-corrected chi connectivity index (χ4v) is 3.68. The molecule has 0 aliphatic carbocycles. The number of carbonyl (C=O) groups excluding carboxylic acids is 2. The fourth-order valence-electron chi connectivity index (χ4n) is 2.54. The van der Waals surface area contributed by atoms with Crippen molar-refractivity contribution in [2.75, 3.05) is 6.54 Å². The zero-order chi connectivity index (χ0) is 16.9. The molecule has 1 fully saturated rings. The first-order chi connectivity index (χ1) is 11.6. The molecular formula is C17H16ClN3O2S. The van der Waals surface area contributed by atoms with E-state index in [1.807, 2.05) is 0 Å². The zero-order valence-electron chi connectivity index (χ0n) is 12.9. The maximum Gasteiger partial charge on any atom is 0.260 e. The van der Waals surface area contributed by atoms with Crippen LogP contribution in [0.4, 0.5) is 0 Å². The van der Waals surface area contributed by atoms with Gasteiger partial charge in [-0.1, -0.05) is 29.8 Å². The van der Waals surface area contributed by atoms with Gasteiger partial charge >= 0.3 is 0 Å². The number of hydrogen-bond donors (Lipinski definition) is 0. The van der Waals surface area contributed by atoms with Crippen LogP contribution in [0, 0.1) is 0 Å². The van der Waals surface area contributed by atoms with Crippen LogP contribution in [0.25, 0.3) is 0 Å². The highest BCUT2D eigenvalue weighted by molar-refractivity contribution is 8.00. The van der Waals surface area contributed by atoms with Gasteiger partial charge in [-0.2, -0.15) is 0 Å². The molecule has 0 saturated carbocycles. The quantitative estimate of drug-likeness (QED) is 0.619. The van der Waals surface area contributed by atoms with Gasteiger partial charge in [-0.15, -0.1) is 0 Å². The molecule has 1 atom stereocenters. The number of likely N-dealkylation sites (tertiary alicyclic amines) is 1. The molecule has 1 aliphatic heterocycles. The molecule has 7 heteroatoms. The number of carbonyl (C=O) groups is 2. The second kappa shape index (κ2) is 7.77. The number of thioether (sulfide) groups is 1. The van der Waals surface area contributed by atoms with E-state index in [0.29, 0.717) is 28.7 Å². The number of halogens is 1. The van der Waals surface area contributed by atoms with Gasteiger partial charge in [0.15, 0.2) is 5.16 Å². The van der Waals surface area contributed by atoms with Crippen molar-refractivity contribution in [3.8, 4) is 0 Å². The molecule has 0 spiro atoms. The predicted molar refractivity (Wildman–Crippen MR) is 93.0 cm³/mol. The van der Waals surface area contributed by atoms with Crippen LogP contribution in [0.15, 0.2) is 47.9 Å². The first kappa shape index (κ1) is 16.9. The maximum atomic E-state index is 12.8. The fraction of sp³-hybridized carbons (Fsp3) is 0.294. The Hall–Kier alpha value is -1.92. The Labute approximate surface area is 149 Å². The highest BCUT2D eigenvalue weighted by atomic mass is 35.5. The third kappa shape index (κ3) is 3.94. The molecule has 1 aromatic carbocycles. The van der Waals surface area contributed by atoms with E-state index in [1.165, 1.54) is 16.7 Å². The summed E-state index contributed by atoms with van der Waals surface area (Å²) in [5, 5.41) is 0.770. The van der Waals surface area contributed by atoms with Gasteiger partial charge in [0.25, 0.3) is 5.91 Å². The molecule has 1 aliphatic rings. The molecule has 5 nitrogen and oxygen atoms in total. The third-order valence-corrected chi connectivity index (χ3v) is 5.16. The van der Waals surface area contributed by atoms with Crippen molar-refractivity contribution in [3.63, 3.8) is 0 Å². The van der Waals surface area contributed by atoms with Crippen molar-refractivity contribution in [2.24, 2.45) is 0 Å². The smallest absolute Gasteiger partial charge is 0.260 e. The average Bonchev–Trinajstić information content (AvgIpc) is 2.78. The van der Waals surface area contributed by atoms with E-state index < -0.39 is 0 Å². The summed E-state index contributed by atoms with van der Waals surface area (Å²) in [5.41, 5.74) is 0.467. The van der Waals surface area contributed by atoms with Crippen LogP contribution in [0.3, 0.4) is 0 Å². The van der Waals surface area contributed by atoms with E-state index in [2.05, 4.69) is 9.97 Å². The van der Waals surface area contributed by atoms with Gasteiger partial charge in [-0.3, -0.25) is 14.5 Å². The summed E-state index contributed by atoms with van der Waals surface area (Å²) in [5.74, 6) is -0.456. The Morgan fingerprint density at radius 2 is 1.88 bits per heavy atom. The summed E-state index contributed by atoms with van der Waals surface area (Å²) >= 11 is 7.18. The van der Waals surface area contributed by atoms with E-state index in [4.69, 9.17) is 11.6 Å². The molecule has 2 heterocycles. The second-order valence-corrected chi connectivity index (χ2v) is 7.04. The minimum Gasteiger partial charge on any atom is -0.278 e. The number of amides is 2. The van der Waals surface area contributed by atoms with Crippen LogP contribution >= 0.6 is 23.4 Å². The topological polar surface area (TPSA) is 63.2 Å². The van der Waals surface area contributed by atoms with Crippen molar-refractivity contribution in [1.29, 1.82) is 0 Å². The molecule has 3 rings (SSSR count). The first-order valence-electron chi connectivity index (χ1n) is 7.70. The maximum absolute atomic E-state index is 12.8. The van der Waals surface area contributed by atoms with Gasteiger partial charge in [0.05, 0.1) is 5.25 Å².